The molecule has 8 heteroatoms. The lowest BCUT2D eigenvalue weighted by Crippen LogP contribution is -2.20. The van der Waals surface area contributed by atoms with Crippen LogP contribution >= 0.6 is 0 Å². The third-order valence-electron chi connectivity index (χ3n) is 6.15. The summed E-state index contributed by atoms with van der Waals surface area (Å²) in [5, 5.41) is 21.0. The molecule has 160 valence electrons. The van der Waals surface area contributed by atoms with E-state index in [0.29, 0.717) is 11.7 Å². The molecule has 1 atom stereocenters. The van der Waals surface area contributed by atoms with E-state index in [-0.39, 0.29) is 6.61 Å². The summed E-state index contributed by atoms with van der Waals surface area (Å²) in [4.78, 5) is 11.7. The number of hydrogen-bond donors (Lipinski definition) is 3. The first-order valence-corrected chi connectivity index (χ1v) is 10.8. The number of rotatable bonds is 5. The minimum atomic E-state index is 0.256. The summed E-state index contributed by atoms with van der Waals surface area (Å²) in [6, 6.07) is 14.5. The number of aromatic amines is 1. The maximum atomic E-state index is 9.40. The third-order valence-corrected chi connectivity index (χ3v) is 6.15. The first-order valence-electron chi connectivity index (χ1n) is 10.8. The third kappa shape index (κ3) is 3.34. The van der Waals surface area contributed by atoms with Crippen molar-refractivity contribution in [3.8, 4) is 11.3 Å². The van der Waals surface area contributed by atoms with E-state index in [4.69, 9.17) is 4.98 Å². The van der Waals surface area contributed by atoms with E-state index in [9.17, 15) is 5.11 Å². The van der Waals surface area contributed by atoms with Gasteiger partial charge in [-0.05, 0) is 36.8 Å². The van der Waals surface area contributed by atoms with Crippen molar-refractivity contribution in [2.24, 2.45) is 5.92 Å². The van der Waals surface area contributed by atoms with Crippen molar-refractivity contribution < 1.29 is 5.11 Å². The van der Waals surface area contributed by atoms with Gasteiger partial charge in [-0.1, -0.05) is 12.1 Å². The number of nitrogens with zero attached hydrogens (tertiary/aromatic N) is 5. The molecule has 0 spiro atoms. The molecule has 5 aromatic rings. The summed E-state index contributed by atoms with van der Waals surface area (Å²) >= 11 is 0. The zero-order chi connectivity index (χ0) is 21.5. The van der Waals surface area contributed by atoms with Gasteiger partial charge in [0.25, 0.3) is 0 Å². The lowest BCUT2D eigenvalue weighted by atomic mass is 10.1. The quantitative estimate of drug-likeness (QED) is 0.396. The van der Waals surface area contributed by atoms with E-state index in [1.54, 1.807) is 6.20 Å². The van der Waals surface area contributed by atoms with Crippen LogP contribution in [0.3, 0.4) is 0 Å². The molecule has 6 rings (SSSR count). The van der Waals surface area contributed by atoms with Crippen molar-refractivity contribution in [3.05, 3.63) is 67.3 Å². The molecular weight excluding hydrogens is 402 g/mol. The van der Waals surface area contributed by atoms with Gasteiger partial charge in [-0.25, -0.2) is 9.97 Å². The van der Waals surface area contributed by atoms with E-state index in [0.717, 1.165) is 53.0 Å². The number of aromatic nitrogens is 5. The smallest absolute Gasteiger partial charge is 0.180 e. The molecular formula is C24H23N7O. The summed E-state index contributed by atoms with van der Waals surface area (Å²) in [5.41, 5.74) is 5.72. The highest BCUT2D eigenvalue weighted by molar-refractivity contribution is 5.84. The standard InChI is InChI=1S/C24H23N7O/c32-15-16-7-9-30(13-16)20-5-3-19(4-6-20)27-23-24-25-8-10-31(24)14-22(28-23)17-1-2-18-12-26-29-21(18)11-17/h1-6,8,10-12,14,16,32H,7,9,13,15H2,(H,26,29)(H,27,28)/t16-/m0/s1. The Balaban J connectivity index is 1.31. The Morgan fingerprint density at radius 2 is 2.06 bits per heavy atom. The van der Waals surface area contributed by atoms with Crippen molar-refractivity contribution in [1.29, 1.82) is 0 Å². The number of aliphatic hydroxyl groups is 1. The highest BCUT2D eigenvalue weighted by atomic mass is 16.3. The Morgan fingerprint density at radius 3 is 2.91 bits per heavy atom. The Labute approximate surface area is 184 Å². The van der Waals surface area contributed by atoms with Crippen LogP contribution in [0.25, 0.3) is 27.8 Å². The normalized spacial score (nSPS) is 16.3. The Kier molecular flexibility index (Phi) is 4.50. The van der Waals surface area contributed by atoms with E-state index in [1.807, 2.05) is 29.1 Å². The van der Waals surface area contributed by atoms with Gasteiger partial charge in [0.2, 0.25) is 0 Å². The number of anilines is 3. The van der Waals surface area contributed by atoms with Crippen molar-refractivity contribution in [2.75, 3.05) is 29.9 Å². The number of nitrogens with one attached hydrogen (secondary N) is 2. The Morgan fingerprint density at radius 1 is 1.16 bits per heavy atom. The van der Waals surface area contributed by atoms with E-state index < -0.39 is 0 Å². The molecule has 0 aliphatic carbocycles. The highest BCUT2D eigenvalue weighted by Gasteiger charge is 2.21. The fourth-order valence-corrected chi connectivity index (χ4v) is 4.36. The van der Waals surface area contributed by atoms with Gasteiger partial charge in [-0.2, -0.15) is 5.10 Å². The van der Waals surface area contributed by atoms with Crippen molar-refractivity contribution in [2.45, 2.75) is 6.42 Å². The number of benzene rings is 2. The fraction of sp³-hybridized carbons (Fsp3) is 0.208. The molecule has 3 aromatic heterocycles. The van der Waals surface area contributed by atoms with Gasteiger partial charge >= 0.3 is 0 Å². The zero-order valence-corrected chi connectivity index (χ0v) is 17.4. The number of aliphatic hydroxyl groups excluding tert-OH is 1. The molecule has 1 aliphatic heterocycles. The molecule has 0 unspecified atom stereocenters. The molecule has 4 heterocycles. The lowest BCUT2D eigenvalue weighted by molar-refractivity contribution is 0.238. The molecule has 32 heavy (non-hydrogen) atoms. The van der Waals surface area contributed by atoms with Crippen LogP contribution in [-0.4, -0.2) is 49.4 Å². The van der Waals surface area contributed by atoms with Crippen LogP contribution in [0.15, 0.2) is 67.3 Å². The fourth-order valence-electron chi connectivity index (χ4n) is 4.36. The minimum absolute atomic E-state index is 0.256. The molecule has 0 saturated carbocycles. The summed E-state index contributed by atoms with van der Waals surface area (Å²) in [5.74, 6) is 1.07. The first-order chi connectivity index (χ1) is 15.8. The maximum Gasteiger partial charge on any atom is 0.180 e. The molecule has 2 aromatic carbocycles. The number of H-pyrrole nitrogens is 1. The van der Waals surface area contributed by atoms with Gasteiger partial charge in [0, 0.05) is 66.5 Å². The Hall–Kier alpha value is -3.91. The molecule has 1 saturated heterocycles. The van der Waals surface area contributed by atoms with E-state index >= 15 is 0 Å². The van der Waals surface area contributed by atoms with Gasteiger partial charge in [0.1, 0.15) is 0 Å². The predicted octanol–water partition coefficient (Wildman–Crippen LogP) is 3.83. The molecule has 1 aliphatic rings. The van der Waals surface area contributed by atoms with E-state index in [1.165, 1.54) is 5.69 Å². The van der Waals surface area contributed by atoms with Crippen molar-refractivity contribution >= 4 is 33.7 Å². The maximum absolute atomic E-state index is 9.40. The van der Waals surface area contributed by atoms with Gasteiger partial charge in [0.05, 0.1) is 17.4 Å². The van der Waals surface area contributed by atoms with Crippen LogP contribution < -0.4 is 10.2 Å². The minimum Gasteiger partial charge on any atom is -0.396 e. The molecule has 1 fully saturated rings. The van der Waals surface area contributed by atoms with E-state index in [2.05, 4.69) is 61.8 Å². The second kappa shape index (κ2) is 7.65. The summed E-state index contributed by atoms with van der Waals surface area (Å²) in [7, 11) is 0. The summed E-state index contributed by atoms with van der Waals surface area (Å²) < 4.78 is 1.98. The van der Waals surface area contributed by atoms with Crippen LogP contribution in [0, 0.1) is 5.92 Å². The highest BCUT2D eigenvalue weighted by Crippen LogP contribution is 2.28. The van der Waals surface area contributed by atoms with Gasteiger partial charge in [-0.3, -0.25) is 5.10 Å². The molecule has 3 N–H and O–H groups in total. The molecule has 8 nitrogen and oxygen atoms in total. The van der Waals surface area contributed by atoms with Gasteiger partial charge in [-0.15, -0.1) is 0 Å². The number of fused-ring (bicyclic) bond motifs is 2. The van der Waals surface area contributed by atoms with Crippen LogP contribution in [0.4, 0.5) is 17.2 Å². The summed E-state index contributed by atoms with van der Waals surface area (Å²) in [6.07, 6.45) is 8.54. The average molecular weight is 425 g/mol. The van der Waals surface area contributed by atoms with Crippen molar-refractivity contribution in [3.63, 3.8) is 0 Å². The second-order valence-corrected chi connectivity index (χ2v) is 8.26. The first kappa shape index (κ1) is 18.8. The van der Waals surface area contributed by atoms with Crippen LogP contribution in [0.5, 0.6) is 0 Å². The lowest BCUT2D eigenvalue weighted by Gasteiger charge is -2.19. The van der Waals surface area contributed by atoms with Crippen molar-refractivity contribution in [1.82, 2.24) is 24.6 Å². The van der Waals surface area contributed by atoms with Crippen LogP contribution in [-0.2, 0) is 0 Å². The van der Waals surface area contributed by atoms with Gasteiger partial charge in [0.15, 0.2) is 11.5 Å². The monoisotopic (exact) mass is 425 g/mol. The molecule has 0 amide bonds. The largest absolute Gasteiger partial charge is 0.396 e. The number of imidazole rings is 1. The SMILES string of the molecule is OC[C@H]1CCN(c2ccc(Nc3nc(-c4ccc5cn[nH]c5c4)cn4ccnc34)cc2)C1. The predicted molar refractivity (Wildman–Crippen MR) is 125 cm³/mol. The van der Waals surface area contributed by atoms with Crippen LogP contribution in [0.2, 0.25) is 0 Å². The number of hydrogen-bond acceptors (Lipinski definition) is 6. The summed E-state index contributed by atoms with van der Waals surface area (Å²) in [6.45, 7) is 2.14. The average Bonchev–Trinajstić information content (AvgIpc) is 3.59. The van der Waals surface area contributed by atoms with Gasteiger partial charge < -0.3 is 19.7 Å². The van der Waals surface area contributed by atoms with Crippen LogP contribution in [0.1, 0.15) is 6.42 Å². The Bertz CT molecular complexity index is 1390. The molecule has 0 radical (unpaired) electrons. The topological polar surface area (TPSA) is 94.4 Å². The zero-order valence-electron chi connectivity index (χ0n) is 17.4. The second-order valence-electron chi connectivity index (χ2n) is 8.26. The molecule has 0 bridgehead atoms.